The van der Waals surface area contributed by atoms with E-state index in [1.54, 1.807) is 6.20 Å². The van der Waals surface area contributed by atoms with Crippen LogP contribution in [0.2, 0.25) is 0 Å². The van der Waals surface area contributed by atoms with Gasteiger partial charge in [0, 0.05) is 11.4 Å². The fourth-order valence-electron chi connectivity index (χ4n) is 0.829. The van der Waals surface area contributed by atoms with Gasteiger partial charge in [-0.05, 0) is 29.0 Å². The van der Waals surface area contributed by atoms with E-state index >= 15 is 0 Å². The van der Waals surface area contributed by atoms with Gasteiger partial charge in [-0.2, -0.15) is 11.8 Å². The molecule has 1 unspecified atom stereocenters. The monoisotopic (exact) mass is 324 g/mol. The Labute approximate surface area is 101 Å². The van der Waals surface area contributed by atoms with E-state index in [9.17, 15) is 4.79 Å². The Hall–Kier alpha value is -0.0400. The summed E-state index contributed by atoms with van der Waals surface area (Å²) in [4.78, 5) is 18.2. The van der Waals surface area contributed by atoms with Gasteiger partial charge in [0.2, 0.25) is 0 Å². The van der Waals surface area contributed by atoms with Crippen LogP contribution in [-0.4, -0.2) is 15.2 Å². The summed E-state index contributed by atoms with van der Waals surface area (Å²) in [5, 5.41) is 0.611. The van der Waals surface area contributed by atoms with Gasteiger partial charge in [-0.15, -0.1) is 0 Å². The molecular weight excluding hydrogens is 311 g/mol. The highest BCUT2D eigenvalue weighted by Crippen LogP contribution is 2.16. The Morgan fingerprint density at radius 3 is 3.00 bits per heavy atom. The highest BCUT2D eigenvalue weighted by Gasteiger charge is 2.03. The lowest BCUT2D eigenvalue weighted by Gasteiger charge is -2.06. The third-order valence-corrected chi connectivity index (χ3v) is 4.00. The number of aromatic nitrogens is 2. The van der Waals surface area contributed by atoms with Gasteiger partial charge in [-0.1, -0.05) is 13.8 Å². The topological polar surface area (TPSA) is 45.8 Å². The first-order valence-electron chi connectivity index (χ1n) is 4.48. The molecule has 0 aliphatic carbocycles. The Kier molecular flexibility index (Phi) is 4.94. The minimum absolute atomic E-state index is 0.0413. The highest BCUT2D eigenvalue weighted by atomic mass is 127. The molecule has 78 valence electrons. The number of halogens is 1. The second-order valence-corrected chi connectivity index (χ2v) is 5.63. The van der Waals surface area contributed by atoms with Gasteiger partial charge in [0.15, 0.2) is 0 Å². The zero-order chi connectivity index (χ0) is 10.6. The molecule has 1 aromatic heterocycles. The Balaban J connectivity index is 2.60. The molecule has 0 aliphatic heterocycles. The van der Waals surface area contributed by atoms with Crippen LogP contribution in [0.4, 0.5) is 0 Å². The van der Waals surface area contributed by atoms with E-state index in [0.717, 1.165) is 18.0 Å². The minimum Gasteiger partial charge on any atom is -0.309 e. The van der Waals surface area contributed by atoms with Crippen LogP contribution in [0.5, 0.6) is 0 Å². The van der Waals surface area contributed by atoms with E-state index in [0.29, 0.717) is 8.82 Å². The van der Waals surface area contributed by atoms with E-state index < -0.39 is 0 Å². The van der Waals surface area contributed by atoms with Gasteiger partial charge in [0.1, 0.15) is 5.82 Å². The number of nitrogens with zero attached hydrogens (tertiary/aromatic N) is 1. The fraction of sp³-hybridized carbons (Fsp3) is 0.556. The Morgan fingerprint density at radius 2 is 2.43 bits per heavy atom. The van der Waals surface area contributed by atoms with Crippen molar-refractivity contribution in [3.63, 3.8) is 0 Å². The van der Waals surface area contributed by atoms with Crippen LogP contribution < -0.4 is 5.56 Å². The molecule has 3 nitrogen and oxygen atoms in total. The lowest BCUT2D eigenvalue weighted by Crippen LogP contribution is -2.13. The van der Waals surface area contributed by atoms with Crippen LogP contribution >= 0.6 is 34.4 Å². The summed E-state index contributed by atoms with van der Waals surface area (Å²) in [6.45, 7) is 4.33. The molecule has 0 aromatic carbocycles. The largest absolute Gasteiger partial charge is 0.309 e. The lowest BCUT2D eigenvalue weighted by molar-refractivity contribution is 0.899. The van der Waals surface area contributed by atoms with Crippen molar-refractivity contribution in [2.75, 3.05) is 0 Å². The predicted octanol–water partition coefficient (Wildman–Crippen LogP) is 2.41. The van der Waals surface area contributed by atoms with Crippen LogP contribution in [0.3, 0.4) is 0 Å². The molecule has 1 aromatic rings. The molecule has 1 N–H and O–H groups in total. The minimum atomic E-state index is -0.0413. The molecule has 0 aliphatic rings. The first-order chi connectivity index (χ1) is 6.63. The van der Waals surface area contributed by atoms with E-state index in [4.69, 9.17) is 0 Å². The van der Waals surface area contributed by atoms with Crippen molar-refractivity contribution >= 4 is 34.4 Å². The third-order valence-electron chi connectivity index (χ3n) is 1.89. The molecule has 1 atom stereocenters. The summed E-state index contributed by atoms with van der Waals surface area (Å²) in [5.74, 6) is 1.54. The van der Waals surface area contributed by atoms with Crippen LogP contribution in [0.1, 0.15) is 26.1 Å². The standard InChI is InChI=1S/C9H13IN2OS/c1-3-6(2)14-5-8-11-4-7(10)9(13)12-8/h4,6H,3,5H2,1-2H3,(H,11,12,13). The molecular formula is C9H13IN2OS. The highest BCUT2D eigenvalue weighted by molar-refractivity contribution is 14.1. The Bertz CT molecular complexity index is 353. The number of rotatable bonds is 4. The van der Waals surface area contributed by atoms with Crippen molar-refractivity contribution in [2.45, 2.75) is 31.3 Å². The average molecular weight is 324 g/mol. The molecule has 0 radical (unpaired) electrons. The third kappa shape index (κ3) is 3.61. The fourth-order valence-corrected chi connectivity index (χ4v) is 1.93. The molecule has 1 rings (SSSR count). The molecule has 0 bridgehead atoms. The molecule has 0 amide bonds. The number of nitrogens with one attached hydrogen (secondary N) is 1. The zero-order valence-electron chi connectivity index (χ0n) is 8.21. The molecule has 0 fully saturated rings. The maximum Gasteiger partial charge on any atom is 0.264 e. The summed E-state index contributed by atoms with van der Waals surface area (Å²) in [5.41, 5.74) is -0.0413. The maximum atomic E-state index is 11.2. The lowest BCUT2D eigenvalue weighted by atomic mass is 10.4. The van der Waals surface area contributed by atoms with E-state index in [-0.39, 0.29) is 5.56 Å². The van der Waals surface area contributed by atoms with Crippen LogP contribution in [0.15, 0.2) is 11.0 Å². The van der Waals surface area contributed by atoms with Gasteiger partial charge < -0.3 is 4.98 Å². The summed E-state index contributed by atoms with van der Waals surface area (Å²) in [7, 11) is 0. The second-order valence-electron chi connectivity index (χ2n) is 3.04. The van der Waals surface area contributed by atoms with Gasteiger partial charge in [-0.3, -0.25) is 4.79 Å². The smallest absolute Gasteiger partial charge is 0.264 e. The van der Waals surface area contributed by atoms with Gasteiger partial charge in [0.05, 0.1) is 9.32 Å². The van der Waals surface area contributed by atoms with Crippen LogP contribution in [-0.2, 0) is 5.75 Å². The number of thioether (sulfide) groups is 1. The number of aromatic amines is 1. The van der Waals surface area contributed by atoms with Crippen molar-refractivity contribution in [3.05, 3.63) is 25.9 Å². The summed E-state index contributed by atoms with van der Waals surface area (Å²) in [6.07, 6.45) is 2.76. The summed E-state index contributed by atoms with van der Waals surface area (Å²) in [6, 6.07) is 0. The van der Waals surface area contributed by atoms with Crippen molar-refractivity contribution in [2.24, 2.45) is 0 Å². The predicted molar refractivity (Wildman–Crippen MR) is 68.6 cm³/mol. The van der Waals surface area contributed by atoms with Crippen molar-refractivity contribution in [3.8, 4) is 0 Å². The van der Waals surface area contributed by atoms with Gasteiger partial charge >= 0.3 is 0 Å². The van der Waals surface area contributed by atoms with E-state index in [2.05, 4.69) is 23.8 Å². The Morgan fingerprint density at radius 1 is 1.71 bits per heavy atom. The molecule has 1 heterocycles. The summed E-state index contributed by atoms with van der Waals surface area (Å²) < 4.78 is 0.639. The average Bonchev–Trinajstić information content (AvgIpc) is 2.19. The number of hydrogen-bond acceptors (Lipinski definition) is 3. The molecule has 0 saturated heterocycles. The van der Waals surface area contributed by atoms with E-state index in [1.165, 1.54) is 0 Å². The first-order valence-corrected chi connectivity index (χ1v) is 6.61. The molecule has 0 saturated carbocycles. The molecule has 5 heteroatoms. The second kappa shape index (κ2) is 5.75. The summed E-state index contributed by atoms with van der Waals surface area (Å²) >= 11 is 3.79. The molecule has 14 heavy (non-hydrogen) atoms. The zero-order valence-corrected chi connectivity index (χ0v) is 11.2. The van der Waals surface area contributed by atoms with Gasteiger partial charge in [-0.25, -0.2) is 4.98 Å². The molecule has 0 spiro atoms. The van der Waals surface area contributed by atoms with Crippen LogP contribution in [0, 0.1) is 3.57 Å². The maximum absolute atomic E-state index is 11.2. The van der Waals surface area contributed by atoms with E-state index in [1.807, 2.05) is 34.4 Å². The number of H-pyrrole nitrogens is 1. The van der Waals surface area contributed by atoms with Crippen molar-refractivity contribution < 1.29 is 0 Å². The van der Waals surface area contributed by atoms with Gasteiger partial charge in [0.25, 0.3) is 5.56 Å². The van der Waals surface area contributed by atoms with Crippen molar-refractivity contribution in [1.82, 2.24) is 9.97 Å². The van der Waals surface area contributed by atoms with Crippen molar-refractivity contribution in [1.29, 1.82) is 0 Å². The first kappa shape index (κ1) is 12.0. The number of hydrogen-bond donors (Lipinski definition) is 1. The normalized spacial score (nSPS) is 12.8. The SMILES string of the molecule is CCC(C)SCc1ncc(I)c(=O)[nH]1. The quantitative estimate of drug-likeness (QED) is 0.865. The van der Waals surface area contributed by atoms with Crippen LogP contribution in [0.25, 0.3) is 0 Å².